The predicted molar refractivity (Wildman–Crippen MR) is 59.4 cm³/mol. The van der Waals surface area contributed by atoms with Gasteiger partial charge in [0.25, 0.3) is 11.8 Å². The summed E-state index contributed by atoms with van der Waals surface area (Å²) >= 11 is 0. The number of amides is 2. The van der Waals surface area contributed by atoms with Crippen molar-refractivity contribution in [3.63, 3.8) is 0 Å². The van der Waals surface area contributed by atoms with Crippen LogP contribution in [0, 0.1) is 0 Å². The van der Waals surface area contributed by atoms with Crippen molar-refractivity contribution >= 4 is 23.5 Å². The summed E-state index contributed by atoms with van der Waals surface area (Å²) in [5.41, 5.74) is 0.793. The molecular weight excluding hydrogens is 222 g/mol. The van der Waals surface area contributed by atoms with Crippen molar-refractivity contribution in [1.82, 2.24) is 0 Å². The minimum absolute atomic E-state index is 0.364. The van der Waals surface area contributed by atoms with Crippen LogP contribution in [-0.2, 0) is 14.3 Å². The average molecular weight is 231 g/mol. The molecule has 0 saturated heterocycles. The van der Waals surface area contributed by atoms with E-state index in [0.29, 0.717) is 11.3 Å². The Bertz CT molecular complexity index is 498. The second-order valence-electron chi connectivity index (χ2n) is 3.38. The van der Waals surface area contributed by atoms with Crippen LogP contribution in [0.25, 0.3) is 0 Å². The molecular formula is C12H9NO4. The van der Waals surface area contributed by atoms with Crippen molar-refractivity contribution in [3.8, 4) is 0 Å². The maximum absolute atomic E-state index is 11.4. The molecule has 0 radical (unpaired) electrons. The van der Waals surface area contributed by atoms with Gasteiger partial charge in [-0.15, -0.1) is 0 Å². The molecule has 17 heavy (non-hydrogen) atoms. The first-order valence-electron chi connectivity index (χ1n) is 4.88. The Kier molecular flexibility index (Phi) is 2.74. The van der Waals surface area contributed by atoms with E-state index in [1.165, 1.54) is 43.5 Å². The summed E-state index contributed by atoms with van der Waals surface area (Å²) in [4.78, 5) is 35.0. The Hall–Kier alpha value is -2.43. The average Bonchev–Trinajstić information content (AvgIpc) is 2.68. The van der Waals surface area contributed by atoms with Crippen molar-refractivity contribution in [3.05, 3.63) is 42.0 Å². The maximum Gasteiger partial charge on any atom is 0.337 e. The highest BCUT2D eigenvalue weighted by Crippen LogP contribution is 2.19. The predicted octanol–water partition coefficient (Wildman–Crippen LogP) is 0.903. The summed E-state index contributed by atoms with van der Waals surface area (Å²) in [7, 11) is 1.29. The van der Waals surface area contributed by atoms with Gasteiger partial charge in [0.15, 0.2) is 0 Å². The number of ether oxygens (including phenoxy) is 1. The van der Waals surface area contributed by atoms with Crippen LogP contribution in [0.5, 0.6) is 0 Å². The summed E-state index contributed by atoms with van der Waals surface area (Å²) in [6, 6.07) is 6.05. The molecule has 0 atom stereocenters. The summed E-state index contributed by atoms with van der Waals surface area (Å²) in [6.45, 7) is 0. The van der Waals surface area contributed by atoms with Gasteiger partial charge in [0.05, 0.1) is 18.4 Å². The molecule has 0 fully saturated rings. The van der Waals surface area contributed by atoms with Gasteiger partial charge in [-0.2, -0.15) is 0 Å². The topological polar surface area (TPSA) is 63.7 Å². The highest BCUT2D eigenvalue weighted by atomic mass is 16.5. The third-order valence-electron chi connectivity index (χ3n) is 2.36. The molecule has 0 saturated carbocycles. The van der Waals surface area contributed by atoms with Gasteiger partial charge in [-0.25, -0.2) is 9.69 Å². The lowest BCUT2D eigenvalue weighted by atomic mass is 10.2. The fourth-order valence-corrected chi connectivity index (χ4v) is 1.52. The zero-order valence-corrected chi connectivity index (χ0v) is 9.04. The minimum atomic E-state index is -0.464. The molecule has 0 aliphatic carbocycles. The lowest BCUT2D eigenvalue weighted by Gasteiger charge is -2.13. The van der Waals surface area contributed by atoms with Crippen LogP contribution in [0.4, 0.5) is 5.69 Å². The summed E-state index contributed by atoms with van der Waals surface area (Å²) < 4.78 is 4.55. The first-order chi connectivity index (χ1) is 8.13. The van der Waals surface area contributed by atoms with Crippen molar-refractivity contribution in [2.24, 2.45) is 0 Å². The number of hydrogen-bond acceptors (Lipinski definition) is 4. The van der Waals surface area contributed by atoms with Crippen LogP contribution in [0.15, 0.2) is 36.4 Å². The standard InChI is InChI=1S/C12H9NO4/c1-17-12(16)8-2-4-9(5-3-8)13-10(14)6-7-11(13)15/h2-7H,1H3. The largest absolute Gasteiger partial charge is 0.465 e. The number of carbonyl (C=O) groups is 3. The van der Waals surface area contributed by atoms with E-state index in [2.05, 4.69) is 4.74 Å². The summed E-state index contributed by atoms with van der Waals surface area (Å²) in [6.07, 6.45) is 2.41. The third kappa shape index (κ3) is 1.94. The molecule has 86 valence electrons. The van der Waals surface area contributed by atoms with E-state index in [9.17, 15) is 14.4 Å². The van der Waals surface area contributed by atoms with Crippen LogP contribution in [0.3, 0.4) is 0 Å². The van der Waals surface area contributed by atoms with E-state index >= 15 is 0 Å². The van der Waals surface area contributed by atoms with Gasteiger partial charge < -0.3 is 4.74 Å². The van der Waals surface area contributed by atoms with E-state index in [1.807, 2.05) is 0 Å². The molecule has 1 aliphatic rings. The van der Waals surface area contributed by atoms with Crippen molar-refractivity contribution in [2.45, 2.75) is 0 Å². The van der Waals surface area contributed by atoms with Crippen molar-refractivity contribution < 1.29 is 19.1 Å². The van der Waals surface area contributed by atoms with Crippen LogP contribution >= 0.6 is 0 Å². The van der Waals surface area contributed by atoms with E-state index in [0.717, 1.165) is 4.90 Å². The minimum Gasteiger partial charge on any atom is -0.465 e. The zero-order valence-electron chi connectivity index (χ0n) is 9.04. The molecule has 1 aromatic rings. The van der Waals surface area contributed by atoms with E-state index < -0.39 is 5.97 Å². The molecule has 2 amide bonds. The molecule has 2 rings (SSSR count). The summed E-state index contributed by atoms with van der Waals surface area (Å²) in [5.74, 6) is -1.24. The molecule has 0 spiro atoms. The molecule has 0 aromatic heterocycles. The molecule has 5 nitrogen and oxygen atoms in total. The fourth-order valence-electron chi connectivity index (χ4n) is 1.52. The summed E-state index contributed by atoms with van der Waals surface area (Å²) in [5, 5.41) is 0. The molecule has 0 N–H and O–H groups in total. The smallest absolute Gasteiger partial charge is 0.337 e. The first-order valence-corrected chi connectivity index (χ1v) is 4.88. The van der Waals surface area contributed by atoms with E-state index in [1.54, 1.807) is 0 Å². The highest BCUT2D eigenvalue weighted by Gasteiger charge is 2.24. The number of carbonyl (C=O) groups excluding carboxylic acids is 3. The van der Waals surface area contributed by atoms with Gasteiger partial charge in [0.1, 0.15) is 0 Å². The number of imide groups is 1. The maximum atomic E-state index is 11.4. The quantitative estimate of drug-likeness (QED) is 0.560. The Morgan fingerprint density at radius 2 is 1.59 bits per heavy atom. The number of rotatable bonds is 2. The number of hydrogen-bond donors (Lipinski definition) is 0. The van der Waals surface area contributed by atoms with Gasteiger partial charge in [-0.3, -0.25) is 9.59 Å². The van der Waals surface area contributed by atoms with Gasteiger partial charge in [0.2, 0.25) is 0 Å². The van der Waals surface area contributed by atoms with E-state index in [-0.39, 0.29) is 11.8 Å². The lowest BCUT2D eigenvalue weighted by Crippen LogP contribution is -2.29. The third-order valence-corrected chi connectivity index (χ3v) is 2.36. The van der Waals surface area contributed by atoms with Gasteiger partial charge in [0, 0.05) is 12.2 Å². The highest BCUT2D eigenvalue weighted by molar-refractivity contribution is 6.28. The molecule has 5 heteroatoms. The normalized spacial score (nSPS) is 14.3. The molecule has 1 aromatic carbocycles. The molecule has 0 unspecified atom stereocenters. The monoisotopic (exact) mass is 231 g/mol. The van der Waals surface area contributed by atoms with Crippen molar-refractivity contribution in [1.29, 1.82) is 0 Å². The molecule has 0 bridgehead atoms. The fraction of sp³-hybridized carbons (Fsp3) is 0.0833. The van der Waals surface area contributed by atoms with Crippen LogP contribution in [-0.4, -0.2) is 24.9 Å². The van der Waals surface area contributed by atoms with Crippen LogP contribution in [0.1, 0.15) is 10.4 Å². The second kappa shape index (κ2) is 4.21. The van der Waals surface area contributed by atoms with Gasteiger partial charge in [-0.1, -0.05) is 0 Å². The second-order valence-corrected chi connectivity index (χ2v) is 3.38. The number of methoxy groups -OCH3 is 1. The van der Waals surface area contributed by atoms with E-state index in [4.69, 9.17) is 0 Å². The van der Waals surface area contributed by atoms with Crippen LogP contribution in [0.2, 0.25) is 0 Å². The molecule has 1 aliphatic heterocycles. The Balaban J connectivity index is 2.27. The van der Waals surface area contributed by atoms with Crippen molar-refractivity contribution in [2.75, 3.05) is 12.0 Å². The SMILES string of the molecule is COC(=O)c1ccc(N2C(=O)C=CC2=O)cc1. The Morgan fingerprint density at radius 1 is 1.06 bits per heavy atom. The number of nitrogens with zero attached hydrogens (tertiary/aromatic N) is 1. The number of esters is 1. The van der Waals surface area contributed by atoms with Crippen LogP contribution < -0.4 is 4.90 Å². The zero-order chi connectivity index (χ0) is 12.4. The number of benzene rings is 1. The Morgan fingerprint density at radius 3 is 2.06 bits per heavy atom. The first kappa shape index (κ1) is 11.1. The lowest BCUT2D eigenvalue weighted by molar-refractivity contribution is -0.119. The van der Waals surface area contributed by atoms with Gasteiger partial charge in [-0.05, 0) is 24.3 Å². The Labute approximate surface area is 97.3 Å². The molecule has 1 heterocycles. The number of anilines is 1. The van der Waals surface area contributed by atoms with Gasteiger partial charge >= 0.3 is 5.97 Å².